The molecule has 0 saturated heterocycles. The molecule has 7 heteroatoms. The Kier molecular flexibility index (Phi) is 6.52. The zero-order chi connectivity index (χ0) is 21.6. The average molecular weight is 435 g/mol. The number of benzene rings is 3. The standard InChI is InChI=1S/C24H19F2N3OS/c25-18-9-5-16(6-10-18)13-14-27-22(30)15-31-24-21-4-2-1-3-20(21)23(28-29-24)17-7-11-19(26)12-8-17/h1-12H,13-15H2,(H,27,30). The van der Waals surface area contributed by atoms with E-state index in [4.69, 9.17) is 0 Å². The molecule has 0 spiro atoms. The van der Waals surface area contributed by atoms with E-state index < -0.39 is 0 Å². The van der Waals surface area contributed by atoms with Crippen molar-refractivity contribution in [3.05, 3.63) is 90.0 Å². The summed E-state index contributed by atoms with van der Waals surface area (Å²) in [7, 11) is 0. The molecule has 31 heavy (non-hydrogen) atoms. The van der Waals surface area contributed by atoms with Crippen molar-refractivity contribution in [3.8, 4) is 11.3 Å². The molecule has 0 aliphatic carbocycles. The smallest absolute Gasteiger partial charge is 0.230 e. The first-order valence-corrected chi connectivity index (χ1v) is 10.7. The van der Waals surface area contributed by atoms with Crippen LogP contribution in [0.3, 0.4) is 0 Å². The molecule has 0 unspecified atom stereocenters. The fraction of sp³-hybridized carbons (Fsp3) is 0.125. The normalized spacial score (nSPS) is 10.9. The summed E-state index contributed by atoms with van der Waals surface area (Å²) < 4.78 is 26.2. The van der Waals surface area contributed by atoms with Crippen LogP contribution in [0.5, 0.6) is 0 Å². The van der Waals surface area contributed by atoms with Gasteiger partial charge < -0.3 is 5.32 Å². The highest BCUT2D eigenvalue weighted by Gasteiger charge is 2.13. The Labute approximate surface area is 182 Å². The quantitative estimate of drug-likeness (QED) is 0.414. The minimum absolute atomic E-state index is 0.111. The van der Waals surface area contributed by atoms with Gasteiger partial charge in [-0.25, -0.2) is 8.78 Å². The van der Waals surface area contributed by atoms with Crippen LogP contribution < -0.4 is 5.32 Å². The molecule has 4 nitrogen and oxygen atoms in total. The number of halogens is 2. The second-order valence-electron chi connectivity index (χ2n) is 6.92. The minimum Gasteiger partial charge on any atom is -0.355 e. The van der Waals surface area contributed by atoms with Crippen LogP contribution in [0.25, 0.3) is 22.0 Å². The molecule has 3 aromatic carbocycles. The third-order valence-electron chi connectivity index (χ3n) is 4.76. The number of aromatic nitrogens is 2. The molecule has 4 rings (SSSR count). The molecule has 1 heterocycles. The van der Waals surface area contributed by atoms with Crippen LogP contribution in [0.2, 0.25) is 0 Å². The van der Waals surface area contributed by atoms with Gasteiger partial charge in [0.25, 0.3) is 0 Å². The molecule has 156 valence electrons. The van der Waals surface area contributed by atoms with Crippen LogP contribution in [0.15, 0.2) is 77.8 Å². The number of amides is 1. The van der Waals surface area contributed by atoms with Crippen LogP contribution in [-0.4, -0.2) is 28.4 Å². The molecule has 1 aromatic heterocycles. The third-order valence-corrected chi connectivity index (χ3v) is 5.74. The number of hydrogen-bond acceptors (Lipinski definition) is 4. The van der Waals surface area contributed by atoms with E-state index >= 15 is 0 Å². The molecule has 0 saturated carbocycles. The van der Waals surface area contributed by atoms with Crippen molar-refractivity contribution < 1.29 is 13.6 Å². The van der Waals surface area contributed by atoms with Crippen molar-refractivity contribution in [2.24, 2.45) is 0 Å². The van der Waals surface area contributed by atoms with Crippen LogP contribution in [-0.2, 0) is 11.2 Å². The van der Waals surface area contributed by atoms with E-state index in [9.17, 15) is 13.6 Å². The summed E-state index contributed by atoms with van der Waals surface area (Å²) in [5.74, 6) is -0.486. The monoisotopic (exact) mass is 435 g/mol. The van der Waals surface area contributed by atoms with Crippen LogP contribution >= 0.6 is 11.8 Å². The maximum Gasteiger partial charge on any atom is 0.230 e. The number of nitrogens with zero attached hydrogens (tertiary/aromatic N) is 2. The summed E-state index contributed by atoms with van der Waals surface area (Å²) >= 11 is 1.32. The average Bonchev–Trinajstić information content (AvgIpc) is 2.79. The van der Waals surface area contributed by atoms with Crippen molar-refractivity contribution in [1.82, 2.24) is 15.5 Å². The van der Waals surface area contributed by atoms with Gasteiger partial charge in [0.15, 0.2) is 0 Å². The summed E-state index contributed by atoms with van der Waals surface area (Å²) in [5.41, 5.74) is 2.41. The highest BCUT2D eigenvalue weighted by Crippen LogP contribution is 2.31. The Morgan fingerprint density at radius 2 is 1.48 bits per heavy atom. The van der Waals surface area contributed by atoms with Gasteiger partial charge in [-0.05, 0) is 48.4 Å². The molecular weight excluding hydrogens is 416 g/mol. The second-order valence-corrected chi connectivity index (χ2v) is 7.89. The van der Waals surface area contributed by atoms with Gasteiger partial charge in [-0.3, -0.25) is 4.79 Å². The fourth-order valence-electron chi connectivity index (χ4n) is 3.19. The van der Waals surface area contributed by atoms with Gasteiger partial charge >= 0.3 is 0 Å². The van der Waals surface area contributed by atoms with Gasteiger partial charge in [-0.1, -0.05) is 48.2 Å². The summed E-state index contributed by atoms with van der Waals surface area (Å²) in [5, 5.41) is 14.0. The summed E-state index contributed by atoms with van der Waals surface area (Å²) in [6, 6.07) is 20.1. The highest BCUT2D eigenvalue weighted by molar-refractivity contribution is 8.00. The lowest BCUT2D eigenvalue weighted by atomic mass is 10.1. The van der Waals surface area contributed by atoms with Gasteiger partial charge in [-0.15, -0.1) is 10.2 Å². The highest BCUT2D eigenvalue weighted by atomic mass is 32.2. The van der Waals surface area contributed by atoms with Crippen LogP contribution in [0.4, 0.5) is 8.78 Å². The number of carbonyl (C=O) groups excluding carboxylic acids is 1. The van der Waals surface area contributed by atoms with Gasteiger partial charge in [0, 0.05) is 22.9 Å². The minimum atomic E-state index is -0.307. The van der Waals surface area contributed by atoms with E-state index in [-0.39, 0.29) is 23.3 Å². The number of carbonyl (C=O) groups is 1. The Hall–Kier alpha value is -3.32. The molecule has 0 fully saturated rings. The largest absolute Gasteiger partial charge is 0.355 e. The predicted octanol–water partition coefficient (Wildman–Crippen LogP) is 5.03. The van der Waals surface area contributed by atoms with Crippen molar-refractivity contribution in [3.63, 3.8) is 0 Å². The molecule has 0 aliphatic rings. The lowest BCUT2D eigenvalue weighted by Crippen LogP contribution is -2.27. The SMILES string of the molecule is O=C(CSc1nnc(-c2ccc(F)cc2)c2ccccc12)NCCc1ccc(F)cc1. The van der Waals surface area contributed by atoms with Crippen molar-refractivity contribution in [1.29, 1.82) is 0 Å². The van der Waals surface area contributed by atoms with Gasteiger partial charge in [-0.2, -0.15) is 0 Å². The number of rotatable bonds is 7. The number of fused-ring (bicyclic) bond motifs is 1. The summed E-state index contributed by atoms with van der Waals surface area (Å²) in [6.07, 6.45) is 0.631. The molecule has 0 bridgehead atoms. The molecule has 1 N–H and O–H groups in total. The first-order chi connectivity index (χ1) is 15.1. The summed E-state index contributed by atoms with van der Waals surface area (Å²) in [6.45, 7) is 0.473. The third kappa shape index (κ3) is 5.24. The van der Waals surface area contributed by atoms with Crippen LogP contribution in [0, 0.1) is 11.6 Å². The maximum atomic E-state index is 13.3. The molecule has 1 amide bonds. The summed E-state index contributed by atoms with van der Waals surface area (Å²) in [4.78, 5) is 12.2. The van der Waals surface area contributed by atoms with Gasteiger partial charge in [0.05, 0.1) is 5.75 Å². The van der Waals surface area contributed by atoms with Crippen molar-refractivity contribution in [2.45, 2.75) is 11.4 Å². The van der Waals surface area contributed by atoms with E-state index in [0.29, 0.717) is 23.7 Å². The van der Waals surface area contributed by atoms with E-state index in [1.807, 2.05) is 24.3 Å². The number of nitrogens with one attached hydrogen (secondary N) is 1. The first-order valence-electron chi connectivity index (χ1n) is 9.75. The Balaban J connectivity index is 1.41. The second kappa shape index (κ2) is 9.66. The zero-order valence-electron chi connectivity index (χ0n) is 16.5. The molecule has 0 atom stereocenters. The zero-order valence-corrected chi connectivity index (χ0v) is 17.3. The van der Waals surface area contributed by atoms with E-state index in [1.54, 1.807) is 24.3 Å². The lowest BCUT2D eigenvalue weighted by molar-refractivity contribution is -0.118. The van der Waals surface area contributed by atoms with E-state index in [0.717, 1.165) is 21.9 Å². The van der Waals surface area contributed by atoms with E-state index in [1.165, 1.54) is 36.0 Å². The van der Waals surface area contributed by atoms with Crippen molar-refractivity contribution >= 4 is 28.4 Å². The molecule has 4 aromatic rings. The van der Waals surface area contributed by atoms with Gasteiger partial charge in [0.1, 0.15) is 22.4 Å². The predicted molar refractivity (Wildman–Crippen MR) is 119 cm³/mol. The van der Waals surface area contributed by atoms with Gasteiger partial charge in [0.2, 0.25) is 5.91 Å². The van der Waals surface area contributed by atoms with Crippen LogP contribution in [0.1, 0.15) is 5.56 Å². The molecule has 0 radical (unpaired) electrons. The molecular formula is C24H19F2N3OS. The topological polar surface area (TPSA) is 54.9 Å². The first kappa shape index (κ1) is 20.9. The maximum absolute atomic E-state index is 13.3. The number of thioether (sulfide) groups is 1. The van der Waals surface area contributed by atoms with Crippen molar-refractivity contribution in [2.75, 3.05) is 12.3 Å². The Morgan fingerprint density at radius 3 is 2.19 bits per heavy atom. The Bertz CT molecular complexity index is 1200. The fourth-order valence-corrected chi connectivity index (χ4v) is 3.99. The van der Waals surface area contributed by atoms with E-state index in [2.05, 4.69) is 15.5 Å². The Morgan fingerprint density at radius 1 is 0.839 bits per heavy atom. The molecule has 0 aliphatic heterocycles. The lowest BCUT2D eigenvalue weighted by Gasteiger charge is -2.09. The number of hydrogen-bond donors (Lipinski definition) is 1.